The SMILES string of the molecule is CC(C)(CCCO)CNC1CCCc2sccc21. The van der Waals surface area contributed by atoms with Crippen molar-refractivity contribution in [2.24, 2.45) is 5.41 Å². The van der Waals surface area contributed by atoms with E-state index in [9.17, 15) is 0 Å². The zero-order valence-electron chi connectivity index (χ0n) is 11.5. The highest BCUT2D eigenvalue weighted by atomic mass is 32.1. The van der Waals surface area contributed by atoms with Crippen LogP contribution >= 0.6 is 11.3 Å². The van der Waals surface area contributed by atoms with E-state index in [0.717, 1.165) is 19.4 Å². The first kappa shape index (κ1) is 14.0. The second-order valence-electron chi connectivity index (χ2n) is 6.12. The Hall–Kier alpha value is -0.380. The second kappa shape index (κ2) is 6.18. The van der Waals surface area contributed by atoms with Crippen molar-refractivity contribution in [2.75, 3.05) is 13.2 Å². The average Bonchev–Trinajstić information content (AvgIpc) is 2.82. The molecule has 0 amide bonds. The van der Waals surface area contributed by atoms with Gasteiger partial charge in [-0.15, -0.1) is 11.3 Å². The molecule has 2 rings (SSSR count). The van der Waals surface area contributed by atoms with Crippen LogP contribution in [0.15, 0.2) is 11.4 Å². The predicted octanol–water partition coefficient (Wildman–Crippen LogP) is 3.51. The molecule has 0 radical (unpaired) electrons. The Kier molecular flexibility index (Phi) is 4.82. The summed E-state index contributed by atoms with van der Waals surface area (Å²) in [5, 5.41) is 14.9. The van der Waals surface area contributed by atoms with Crippen molar-refractivity contribution in [3.05, 3.63) is 21.9 Å². The molecule has 102 valence electrons. The van der Waals surface area contributed by atoms with Gasteiger partial charge in [-0.25, -0.2) is 0 Å². The van der Waals surface area contributed by atoms with Crippen molar-refractivity contribution < 1.29 is 5.11 Å². The van der Waals surface area contributed by atoms with E-state index in [1.807, 2.05) is 11.3 Å². The van der Waals surface area contributed by atoms with Crippen molar-refractivity contribution in [1.82, 2.24) is 5.32 Å². The van der Waals surface area contributed by atoms with Gasteiger partial charge in [0, 0.05) is 24.1 Å². The van der Waals surface area contributed by atoms with Crippen molar-refractivity contribution in [3.8, 4) is 0 Å². The molecule has 0 saturated heterocycles. The quantitative estimate of drug-likeness (QED) is 0.826. The Bertz CT molecular complexity index is 372. The van der Waals surface area contributed by atoms with Gasteiger partial charge in [-0.05, 0) is 54.5 Å². The largest absolute Gasteiger partial charge is 0.396 e. The fourth-order valence-corrected chi connectivity index (χ4v) is 3.73. The third-order valence-corrected chi connectivity index (χ3v) is 4.89. The van der Waals surface area contributed by atoms with E-state index < -0.39 is 0 Å². The lowest BCUT2D eigenvalue weighted by atomic mass is 9.86. The molecule has 1 heterocycles. The summed E-state index contributed by atoms with van der Waals surface area (Å²) in [5.74, 6) is 0. The van der Waals surface area contributed by atoms with Gasteiger partial charge in [0.1, 0.15) is 0 Å². The molecular weight excluding hydrogens is 242 g/mol. The lowest BCUT2D eigenvalue weighted by Crippen LogP contribution is -2.33. The summed E-state index contributed by atoms with van der Waals surface area (Å²) in [4.78, 5) is 1.58. The molecular formula is C15H25NOS. The zero-order valence-corrected chi connectivity index (χ0v) is 12.4. The number of nitrogens with one attached hydrogen (secondary N) is 1. The molecule has 1 aromatic heterocycles. The normalized spacial score (nSPS) is 19.8. The van der Waals surface area contributed by atoms with Gasteiger partial charge >= 0.3 is 0 Å². The van der Waals surface area contributed by atoms with E-state index in [4.69, 9.17) is 5.11 Å². The van der Waals surface area contributed by atoms with Gasteiger partial charge in [0.15, 0.2) is 0 Å². The summed E-state index contributed by atoms with van der Waals surface area (Å²) >= 11 is 1.90. The zero-order chi connectivity index (χ0) is 13.0. The van der Waals surface area contributed by atoms with Gasteiger partial charge in [0.25, 0.3) is 0 Å². The fourth-order valence-electron chi connectivity index (χ4n) is 2.74. The summed E-state index contributed by atoms with van der Waals surface area (Å²) in [7, 11) is 0. The van der Waals surface area contributed by atoms with Crippen LogP contribution in [0.5, 0.6) is 0 Å². The Morgan fingerprint density at radius 2 is 2.33 bits per heavy atom. The predicted molar refractivity (Wildman–Crippen MR) is 78.1 cm³/mol. The maximum atomic E-state index is 8.93. The van der Waals surface area contributed by atoms with Crippen LogP contribution in [0.1, 0.15) is 56.0 Å². The minimum Gasteiger partial charge on any atom is -0.396 e. The Labute approximate surface area is 114 Å². The lowest BCUT2D eigenvalue weighted by Gasteiger charge is -2.30. The molecule has 0 aromatic carbocycles. The summed E-state index contributed by atoms with van der Waals surface area (Å²) in [6.45, 7) is 5.91. The summed E-state index contributed by atoms with van der Waals surface area (Å²) in [6.07, 6.45) is 5.82. The van der Waals surface area contributed by atoms with Gasteiger partial charge < -0.3 is 10.4 Å². The highest BCUT2D eigenvalue weighted by Crippen LogP contribution is 2.34. The molecule has 2 nitrogen and oxygen atoms in total. The molecule has 0 spiro atoms. The number of fused-ring (bicyclic) bond motifs is 1. The lowest BCUT2D eigenvalue weighted by molar-refractivity contribution is 0.230. The van der Waals surface area contributed by atoms with Crippen molar-refractivity contribution in [2.45, 2.75) is 52.0 Å². The first-order chi connectivity index (χ1) is 8.62. The topological polar surface area (TPSA) is 32.3 Å². The number of hydrogen-bond donors (Lipinski definition) is 2. The van der Waals surface area contributed by atoms with Gasteiger partial charge in [-0.2, -0.15) is 0 Å². The van der Waals surface area contributed by atoms with Crippen LogP contribution in [0.4, 0.5) is 0 Å². The van der Waals surface area contributed by atoms with Crippen molar-refractivity contribution in [3.63, 3.8) is 0 Å². The molecule has 0 aliphatic heterocycles. The number of thiophene rings is 1. The van der Waals surface area contributed by atoms with Crippen LogP contribution in [0.2, 0.25) is 0 Å². The minimum atomic E-state index is 0.274. The number of aliphatic hydroxyl groups excluding tert-OH is 1. The smallest absolute Gasteiger partial charge is 0.0431 e. The first-order valence-corrected chi connectivity index (χ1v) is 7.91. The van der Waals surface area contributed by atoms with Gasteiger partial charge in [-0.1, -0.05) is 13.8 Å². The minimum absolute atomic E-state index is 0.274. The molecule has 1 unspecified atom stereocenters. The van der Waals surface area contributed by atoms with Crippen molar-refractivity contribution in [1.29, 1.82) is 0 Å². The van der Waals surface area contributed by atoms with E-state index in [2.05, 4.69) is 30.6 Å². The monoisotopic (exact) mass is 267 g/mol. The molecule has 2 N–H and O–H groups in total. The first-order valence-electron chi connectivity index (χ1n) is 7.03. The molecule has 3 heteroatoms. The summed E-state index contributed by atoms with van der Waals surface area (Å²) in [5.41, 5.74) is 1.81. The van der Waals surface area contributed by atoms with Gasteiger partial charge in [-0.3, -0.25) is 0 Å². The Balaban J connectivity index is 1.88. The van der Waals surface area contributed by atoms with Crippen LogP contribution in [0.25, 0.3) is 0 Å². The number of hydrogen-bond acceptors (Lipinski definition) is 3. The maximum absolute atomic E-state index is 8.93. The average molecular weight is 267 g/mol. The van der Waals surface area contributed by atoms with E-state index in [0.29, 0.717) is 12.6 Å². The number of aryl methyl sites for hydroxylation is 1. The molecule has 0 bridgehead atoms. The summed E-state index contributed by atoms with van der Waals surface area (Å²) in [6, 6.07) is 2.84. The standard InChI is InChI=1S/C15H25NOS/c1-15(2,8-4-9-17)11-16-13-5-3-6-14-12(13)7-10-18-14/h7,10,13,16-17H,3-6,8-9,11H2,1-2H3. The molecule has 1 aliphatic carbocycles. The van der Waals surface area contributed by atoms with Gasteiger partial charge in [0.2, 0.25) is 0 Å². The molecule has 1 atom stereocenters. The third kappa shape index (κ3) is 3.56. The van der Waals surface area contributed by atoms with Crippen molar-refractivity contribution >= 4 is 11.3 Å². The molecule has 0 saturated carbocycles. The number of aliphatic hydroxyl groups is 1. The number of rotatable bonds is 6. The Morgan fingerprint density at radius 3 is 3.11 bits per heavy atom. The van der Waals surface area contributed by atoms with Crippen LogP contribution in [0.3, 0.4) is 0 Å². The van der Waals surface area contributed by atoms with E-state index in [1.165, 1.54) is 24.8 Å². The van der Waals surface area contributed by atoms with Crippen LogP contribution in [-0.2, 0) is 6.42 Å². The highest BCUT2D eigenvalue weighted by molar-refractivity contribution is 7.10. The van der Waals surface area contributed by atoms with E-state index in [1.54, 1.807) is 4.88 Å². The molecule has 1 aromatic rings. The highest BCUT2D eigenvalue weighted by Gasteiger charge is 2.24. The molecule has 1 aliphatic rings. The van der Waals surface area contributed by atoms with E-state index >= 15 is 0 Å². The molecule has 0 fully saturated rings. The van der Waals surface area contributed by atoms with Crippen LogP contribution in [-0.4, -0.2) is 18.3 Å². The Morgan fingerprint density at radius 1 is 1.50 bits per heavy atom. The van der Waals surface area contributed by atoms with Crippen LogP contribution < -0.4 is 5.32 Å². The third-order valence-electron chi connectivity index (χ3n) is 3.89. The molecule has 18 heavy (non-hydrogen) atoms. The fraction of sp³-hybridized carbons (Fsp3) is 0.733. The summed E-state index contributed by atoms with van der Waals surface area (Å²) < 4.78 is 0. The van der Waals surface area contributed by atoms with Gasteiger partial charge in [0.05, 0.1) is 0 Å². The van der Waals surface area contributed by atoms with E-state index in [-0.39, 0.29) is 5.41 Å². The van der Waals surface area contributed by atoms with Crippen LogP contribution in [0, 0.1) is 5.41 Å². The second-order valence-corrected chi connectivity index (χ2v) is 7.12. The maximum Gasteiger partial charge on any atom is 0.0431 e.